The minimum Gasteiger partial charge on any atom is -0.229 e. The van der Waals surface area contributed by atoms with Crippen LogP contribution in [0.1, 0.15) is 18.1 Å². The van der Waals surface area contributed by atoms with Gasteiger partial charge in [-0.25, -0.2) is 8.42 Å². The van der Waals surface area contributed by atoms with Crippen molar-refractivity contribution in [3.8, 4) is 6.07 Å². The van der Waals surface area contributed by atoms with Crippen molar-refractivity contribution < 1.29 is 21.6 Å². The molecule has 0 N–H and O–H groups in total. The molecule has 0 aliphatic rings. The standard InChI is InChI=1S/C13H14F3NO2S2/c1-9(8-21(2,18)19)7-20-11-4-3-10(6-17)12(5-11)13(14,15)16/h3-5,9H,7-8H2,1-2H3/t9-/m1/s1. The number of rotatable bonds is 5. The lowest BCUT2D eigenvalue weighted by Gasteiger charge is -2.12. The highest BCUT2D eigenvalue weighted by Crippen LogP contribution is 2.34. The molecule has 1 aromatic rings. The Balaban J connectivity index is 2.85. The number of hydrogen-bond donors (Lipinski definition) is 0. The Bertz CT molecular complexity index is 648. The Morgan fingerprint density at radius 2 is 2.00 bits per heavy atom. The third-order valence-corrected chi connectivity index (χ3v) is 5.04. The molecule has 0 spiro atoms. The normalized spacial score (nSPS) is 13.7. The molecule has 0 fully saturated rings. The lowest BCUT2D eigenvalue weighted by atomic mass is 10.1. The molecule has 1 rings (SSSR count). The van der Waals surface area contributed by atoms with Gasteiger partial charge in [-0.05, 0) is 24.1 Å². The number of halogens is 3. The van der Waals surface area contributed by atoms with Crippen molar-refractivity contribution in [3.05, 3.63) is 29.3 Å². The molecule has 8 heteroatoms. The van der Waals surface area contributed by atoms with Crippen LogP contribution in [0.3, 0.4) is 0 Å². The van der Waals surface area contributed by atoms with Gasteiger partial charge >= 0.3 is 6.18 Å². The molecule has 0 bridgehead atoms. The van der Waals surface area contributed by atoms with E-state index < -0.39 is 27.1 Å². The Hall–Kier alpha value is -1.20. The molecule has 0 unspecified atom stereocenters. The first kappa shape index (κ1) is 17.9. The number of benzene rings is 1. The van der Waals surface area contributed by atoms with Gasteiger partial charge in [-0.1, -0.05) is 6.92 Å². The summed E-state index contributed by atoms with van der Waals surface area (Å²) >= 11 is 1.14. The highest BCUT2D eigenvalue weighted by Gasteiger charge is 2.33. The fraction of sp³-hybridized carbons (Fsp3) is 0.462. The van der Waals surface area contributed by atoms with E-state index in [0.717, 1.165) is 30.2 Å². The Kier molecular flexibility index (Phi) is 5.70. The summed E-state index contributed by atoms with van der Waals surface area (Å²) in [7, 11) is -3.11. The average molecular weight is 337 g/mol. The topological polar surface area (TPSA) is 57.9 Å². The molecule has 0 amide bonds. The van der Waals surface area contributed by atoms with E-state index >= 15 is 0 Å². The number of sulfone groups is 1. The molecule has 0 saturated carbocycles. The number of nitriles is 1. The molecule has 0 aliphatic heterocycles. The zero-order valence-electron chi connectivity index (χ0n) is 11.4. The Labute approximate surface area is 126 Å². The molecule has 116 valence electrons. The number of nitrogens with zero attached hydrogens (tertiary/aromatic N) is 1. The van der Waals surface area contributed by atoms with Crippen molar-refractivity contribution >= 4 is 21.6 Å². The summed E-state index contributed by atoms with van der Waals surface area (Å²) in [6.45, 7) is 1.72. The SMILES string of the molecule is C[C@H](CSc1ccc(C#N)c(C(F)(F)F)c1)CS(C)(=O)=O. The summed E-state index contributed by atoms with van der Waals surface area (Å²) in [6.07, 6.45) is -3.46. The number of alkyl halides is 3. The second-order valence-corrected chi connectivity index (χ2v) is 8.10. The van der Waals surface area contributed by atoms with Gasteiger partial charge in [-0.2, -0.15) is 18.4 Å². The van der Waals surface area contributed by atoms with Crippen LogP contribution in [0.2, 0.25) is 0 Å². The van der Waals surface area contributed by atoms with E-state index in [2.05, 4.69) is 0 Å². The first-order chi connectivity index (χ1) is 9.53. The Morgan fingerprint density at radius 3 is 2.48 bits per heavy atom. The minimum atomic E-state index is -4.58. The van der Waals surface area contributed by atoms with Crippen molar-refractivity contribution in [2.75, 3.05) is 17.8 Å². The summed E-state index contributed by atoms with van der Waals surface area (Å²) in [6, 6.07) is 5.01. The van der Waals surface area contributed by atoms with Crippen LogP contribution in [0.4, 0.5) is 13.2 Å². The van der Waals surface area contributed by atoms with Crippen molar-refractivity contribution in [2.45, 2.75) is 18.0 Å². The van der Waals surface area contributed by atoms with E-state index in [1.807, 2.05) is 0 Å². The van der Waals surface area contributed by atoms with E-state index in [-0.39, 0.29) is 11.7 Å². The van der Waals surface area contributed by atoms with E-state index in [4.69, 9.17) is 5.26 Å². The molecule has 0 radical (unpaired) electrons. The second kappa shape index (κ2) is 6.71. The zero-order chi connectivity index (χ0) is 16.3. The monoisotopic (exact) mass is 337 g/mol. The fourth-order valence-electron chi connectivity index (χ4n) is 1.75. The molecule has 0 heterocycles. The van der Waals surface area contributed by atoms with Crippen LogP contribution in [0.25, 0.3) is 0 Å². The van der Waals surface area contributed by atoms with Gasteiger partial charge in [0.1, 0.15) is 9.84 Å². The maximum absolute atomic E-state index is 12.8. The van der Waals surface area contributed by atoms with Crippen LogP contribution in [-0.2, 0) is 16.0 Å². The van der Waals surface area contributed by atoms with Crippen molar-refractivity contribution in [2.24, 2.45) is 5.92 Å². The molecule has 1 atom stereocenters. The maximum Gasteiger partial charge on any atom is 0.417 e. The van der Waals surface area contributed by atoms with Crippen LogP contribution >= 0.6 is 11.8 Å². The summed E-state index contributed by atoms with van der Waals surface area (Å²) in [5, 5.41) is 8.69. The fourth-order valence-corrected chi connectivity index (χ4v) is 4.01. The lowest BCUT2D eigenvalue weighted by Crippen LogP contribution is -2.14. The minimum absolute atomic E-state index is 0.0115. The summed E-state index contributed by atoms with van der Waals surface area (Å²) in [5.74, 6) is 0.202. The summed E-state index contributed by atoms with van der Waals surface area (Å²) in [4.78, 5) is 0.363. The van der Waals surface area contributed by atoms with Crippen LogP contribution in [-0.4, -0.2) is 26.2 Å². The smallest absolute Gasteiger partial charge is 0.229 e. The quantitative estimate of drug-likeness (QED) is 0.773. The van der Waals surface area contributed by atoms with Crippen molar-refractivity contribution in [3.63, 3.8) is 0 Å². The van der Waals surface area contributed by atoms with Gasteiger partial charge in [0.25, 0.3) is 0 Å². The highest BCUT2D eigenvalue weighted by molar-refractivity contribution is 7.99. The first-order valence-electron chi connectivity index (χ1n) is 5.95. The molecule has 3 nitrogen and oxygen atoms in total. The molecule has 0 aromatic heterocycles. The third kappa shape index (κ3) is 5.98. The first-order valence-corrected chi connectivity index (χ1v) is 8.99. The van der Waals surface area contributed by atoms with E-state index in [0.29, 0.717) is 10.6 Å². The van der Waals surface area contributed by atoms with Gasteiger partial charge in [0, 0.05) is 16.9 Å². The van der Waals surface area contributed by atoms with Crippen LogP contribution in [0.5, 0.6) is 0 Å². The van der Waals surface area contributed by atoms with E-state index in [1.54, 1.807) is 6.92 Å². The predicted molar refractivity (Wildman–Crippen MR) is 75.8 cm³/mol. The van der Waals surface area contributed by atoms with Crippen LogP contribution in [0, 0.1) is 17.2 Å². The van der Waals surface area contributed by atoms with Gasteiger partial charge in [0.15, 0.2) is 0 Å². The van der Waals surface area contributed by atoms with Gasteiger partial charge in [0.2, 0.25) is 0 Å². The van der Waals surface area contributed by atoms with Gasteiger partial charge in [-0.3, -0.25) is 0 Å². The van der Waals surface area contributed by atoms with Crippen LogP contribution < -0.4 is 0 Å². The molecular formula is C13H14F3NO2S2. The van der Waals surface area contributed by atoms with Crippen molar-refractivity contribution in [1.29, 1.82) is 5.26 Å². The molecule has 0 aliphatic carbocycles. The Morgan fingerprint density at radius 1 is 1.38 bits per heavy atom. The van der Waals surface area contributed by atoms with E-state index in [1.165, 1.54) is 12.1 Å². The van der Waals surface area contributed by atoms with Crippen LogP contribution in [0.15, 0.2) is 23.1 Å². The molecule has 21 heavy (non-hydrogen) atoms. The molecule has 0 saturated heterocycles. The third-order valence-electron chi connectivity index (χ3n) is 2.54. The molecule has 1 aromatic carbocycles. The predicted octanol–water partition coefficient (Wildman–Crippen LogP) is 3.35. The average Bonchev–Trinajstić information content (AvgIpc) is 2.33. The van der Waals surface area contributed by atoms with Gasteiger partial charge < -0.3 is 0 Å². The summed E-state index contributed by atoms with van der Waals surface area (Å²) < 4.78 is 60.6. The zero-order valence-corrected chi connectivity index (χ0v) is 13.1. The number of hydrogen-bond acceptors (Lipinski definition) is 4. The maximum atomic E-state index is 12.8. The summed E-state index contributed by atoms with van der Waals surface area (Å²) in [5.41, 5.74) is -1.39. The van der Waals surface area contributed by atoms with E-state index in [9.17, 15) is 21.6 Å². The lowest BCUT2D eigenvalue weighted by molar-refractivity contribution is -0.137. The highest BCUT2D eigenvalue weighted by atomic mass is 32.2. The largest absolute Gasteiger partial charge is 0.417 e. The second-order valence-electron chi connectivity index (χ2n) is 4.83. The number of thioether (sulfide) groups is 1. The molecular weight excluding hydrogens is 323 g/mol. The van der Waals surface area contributed by atoms with Gasteiger partial charge in [0.05, 0.1) is 22.9 Å². The van der Waals surface area contributed by atoms with Crippen molar-refractivity contribution in [1.82, 2.24) is 0 Å². The van der Waals surface area contributed by atoms with Gasteiger partial charge in [-0.15, -0.1) is 11.8 Å².